The number of methoxy groups -OCH3 is 1. The molecule has 3 nitrogen and oxygen atoms in total. The van der Waals surface area contributed by atoms with Crippen molar-refractivity contribution in [2.24, 2.45) is 0 Å². The summed E-state index contributed by atoms with van der Waals surface area (Å²) in [6.07, 6.45) is 2.64. The maximum absolute atomic E-state index is 5.65. The van der Waals surface area contributed by atoms with Gasteiger partial charge in [-0.3, -0.25) is 0 Å². The lowest BCUT2D eigenvalue weighted by molar-refractivity contribution is 0.0927. The first-order chi connectivity index (χ1) is 6.83. The fourth-order valence-electron chi connectivity index (χ4n) is 0.987. The molecular formula is C10H14ClNO2. The summed E-state index contributed by atoms with van der Waals surface area (Å²) in [7, 11) is 1.68. The summed E-state index contributed by atoms with van der Waals surface area (Å²) in [5.74, 6) is 0. The van der Waals surface area contributed by atoms with Gasteiger partial charge in [0.05, 0.1) is 6.61 Å². The first-order valence-corrected chi connectivity index (χ1v) is 4.88. The van der Waals surface area contributed by atoms with Crippen LogP contribution in [0, 0.1) is 0 Å². The first kappa shape index (κ1) is 11.4. The summed E-state index contributed by atoms with van der Waals surface area (Å²) >= 11 is 5.65. The second-order valence-electron chi connectivity index (χ2n) is 2.89. The van der Waals surface area contributed by atoms with Gasteiger partial charge in [0.25, 0.3) is 0 Å². The fourth-order valence-corrected chi connectivity index (χ4v) is 1.10. The number of ether oxygens (including phenoxy) is 2. The molecule has 0 atom stereocenters. The topological polar surface area (TPSA) is 31.4 Å². The smallest absolute Gasteiger partial charge is 0.129 e. The molecule has 0 N–H and O–H groups in total. The summed E-state index contributed by atoms with van der Waals surface area (Å²) in [6.45, 7) is 2.02. The van der Waals surface area contributed by atoms with Gasteiger partial charge in [-0.15, -0.1) is 0 Å². The molecule has 1 rings (SSSR count). The maximum Gasteiger partial charge on any atom is 0.129 e. The Hall–Kier alpha value is -0.640. The summed E-state index contributed by atoms with van der Waals surface area (Å²) < 4.78 is 10.3. The Morgan fingerprint density at radius 1 is 1.36 bits per heavy atom. The number of pyridine rings is 1. The van der Waals surface area contributed by atoms with Gasteiger partial charge in [0.15, 0.2) is 0 Å². The molecule has 0 aromatic carbocycles. The van der Waals surface area contributed by atoms with Crippen molar-refractivity contribution in [3.63, 3.8) is 0 Å². The minimum absolute atomic E-state index is 0.508. The van der Waals surface area contributed by atoms with E-state index >= 15 is 0 Å². The minimum Gasteiger partial charge on any atom is -0.385 e. The summed E-state index contributed by atoms with van der Waals surface area (Å²) in [5, 5.41) is 0.508. The number of hydrogen-bond donors (Lipinski definition) is 0. The second-order valence-corrected chi connectivity index (χ2v) is 3.28. The van der Waals surface area contributed by atoms with E-state index in [1.54, 1.807) is 19.4 Å². The predicted octanol–water partition coefficient (Wildman–Crippen LogP) is 2.29. The van der Waals surface area contributed by atoms with Crippen LogP contribution < -0.4 is 0 Å². The SMILES string of the molecule is COCCCOCc1ccc(Cl)nc1. The van der Waals surface area contributed by atoms with Crippen LogP contribution in [0.15, 0.2) is 18.3 Å². The molecule has 0 unspecified atom stereocenters. The normalized spacial score (nSPS) is 10.4. The Balaban J connectivity index is 2.15. The fraction of sp³-hybridized carbons (Fsp3) is 0.500. The average Bonchev–Trinajstić information content (AvgIpc) is 2.21. The van der Waals surface area contributed by atoms with E-state index in [1.807, 2.05) is 6.07 Å². The van der Waals surface area contributed by atoms with Gasteiger partial charge in [-0.1, -0.05) is 17.7 Å². The van der Waals surface area contributed by atoms with Crippen LogP contribution in [0.1, 0.15) is 12.0 Å². The highest BCUT2D eigenvalue weighted by atomic mass is 35.5. The molecule has 4 heteroatoms. The van der Waals surface area contributed by atoms with E-state index in [-0.39, 0.29) is 0 Å². The van der Waals surface area contributed by atoms with E-state index in [1.165, 1.54) is 0 Å². The zero-order chi connectivity index (χ0) is 10.2. The third kappa shape index (κ3) is 4.56. The van der Waals surface area contributed by atoms with E-state index in [9.17, 15) is 0 Å². The van der Waals surface area contributed by atoms with E-state index in [4.69, 9.17) is 21.1 Å². The summed E-state index contributed by atoms with van der Waals surface area (Å²) in [5.41, 5.74) is 1.03. The van der Waals surface area contributed by atoms with Crippen LogP contribution >= 0.6 is 11.6 Å². The number of nitrogens with zero attached hydrogens (tertiary/aromatic N) is 1. The molecule has 1 aromatic heterocycles. The molecule has 1 aromatic rings. The van der Waals surface area contributed by atoms with Crippen LogP contribution in [0.2, 0.25) is 5.15 Å². The monoisotopic (exact) mass is 215 g/mol. The number of halogens is 1. The van der Waals surface area contributed by atoms with Gasteiger partial charge in [-0.2, -0.15) is 0 Å². The second kappa shape index (κ2) is 6.76. The molecule has 78 valence electrons. The van der Waals surface area contributed by atoms with Crippen LogP contribution in [-0.4, -0.2) is 25.3 Å². The van der Waals surface area contributed by atoms with Crippen LogP contribution in [0.4, 0.5) is 0 Å². The zero-order valence-electron chi connectivity index (χ0n) is 8.20. The highest BCUT2D eigenvalue weighted by molar-refractivity contribution is 6.29. The molecule has 0 bridgehead atoms. The average molecular weight is 216 g/mol. The standard InChI is InChI=1S/C10H14ClNO2/c1-13-5-2-6-14-8-9-3-4-10(11)12-7-9/h3-4,7H,2,5-6,8H2,1H3. The number of hydrogen-bond acceptors (Lipinski definition) is 3. The van der Waals surface area contributed by atoms with E-state index in [0.717, 1.165) is 18.6 Å². The van der Waals surface area contributed by atoms with Gasteiger partial charge >= 0.3 is 0 Å². The van der Waals surface area contributed by atoms with Crippen molar-refractivity contribution in [1.29, 1.82) is 0 Å². The Kier molecular flexibility index (Phi) is 5.52. The molecular weight excluding hydrogens is 202 g/mol. The minimum atomic E-state index is 0.508. The molecule has 0 aliphatic rings. The quantitative estimate of drug-likeness (QED) is 0.539. The molecule has 0 fully saturated rings. The zero-order valence-corrected chi connectivity index (χ0v) is 8.96. The number of aromatic nitrogens is 1. The van der Waals surface area contributed by atoms with Crippen LogP contribution in [-0.2, 0) is 16.1 Å². The van der Waals surface area contributed by atoms with Crippen LogP contribution in [0.25, 0.3) is 0 Å². The Labute approximate surface area is 89.0 Å². The molecule has 14 heavy (non-hydrogen) atoms. The van der Waals surface area contributed by atoms with Crippen molar-refractivity contribution in [3.05, 3.63) is 29.0 Å². The van der Waals surface area contributed by atoms with E-state index < -0.39 is 0 Å². The Morgan fingerprint density at radius 2 is 2.21 bits per heavy atom. The third-order valence-corrected chi connectivity index (χ3v) is 1.92. The molecule has 0 aliphatic carbocycles. The summed E-state index contributed by atoms with van der Waals surface area (Å²) in [6, 6.07) is 3.67. The highest BCUT2D eigenvalue weighted by Gasteiger charge is 1.94. The van der Waals surface area contributed by atoms with Gasteiger partial charge in [0.1, 0.15) is 5.15 Å². The largest absolute Gasteiger partial charge is 0.385 e. The van der Waals surface area contributed by atoms with Crippen LogP contribution in [0.5, 0.6) is 0 Å². The predicted molar refractivity (Wildman–Crippen MR) is 55.4 cm³/mol. The lowest BCUT2D eigenvalue weighted by Gasteiger charge is -2.03. The Morgan fingerprint density at radius 3 is 2.86 bits per heavy atom. The van der Waals surface area contributed by atoms with Crippen molar-refractivity contribution in [2.45, 2.75) is 13.0 Å². The molecule has 1 heterocycles. The van der Waals surface area contributed by atoms with Gasteiger partial charge < -0.3 is 9.47 Å². The highest BCUT2D eigenvalue weighted by Crippen LogP contribution is 2.06. The lowest BCUT2D eigenvalue weighted by atomic mass is 10.3. The van der Waals surface area contributed by atoms with Crippen molar-refractivity contribution < 1.29 is 9.47 Å². The summed E-state index contributed by atoms with van der Waals surface area (Å²) in [4.78, 5) is 3.95. The van der Waals surface area contributed by atoms with Gasteiger partial charge in [-0.25, -0.2) is 4.98 Å². The Bertz CT molecular complexity index is 251. The molecule has 0 amide bonds. The van der Waals surface area contributed by atoms with Crippen LogP contribution in [0.3, 0.4) is 0 Å². The van der Waals surface area contributed by atoms with E-state index in [2.05, 4.69) is 4.98 Å². The molecule has 0 radical (unpaired) electrons. The third-order valence-electron chi connectivity index (χ3n) is 1.69. The van der Waals surface area contributed by atoms with Crippen molar-refractivity contribution >= 4 is 11.6 Å². The number of rotatable bonds is 6. The molecule has 0 saturated heterocycles. The van der Waals surface area contributed by atoms with Crippen molar-refractivity contribution in [1.82, 2.24) is 4.98 Å². The maximum atomic E-state index is 5.65. The van der Waals surface area contributed by atoms with Gasteiger partial charge in [0.2, 0.25) is 0 Å². The molecule has 0 spiro atoms. The molecule has 0 saturated carbocycles. The lowest BCUT2D eigenvalue weighted by Crippen LogP contribution is -1.99. The molecule has 0 aliphatic heterocycles. The van der Waals surface area contributed by atoms with Crippen molar-refractivity contribution in [2.75, 3.05) is 20.3 Å². The van der Waals surface area contributed by atoms with Crippen molar-refractivity contribution in [3.8, 4) is 0 Å². The van der Waals surface area contributed by atoms with E-state index in [0.29, 0.717) is 18.4 Å². The van der Waals surface area contributed by atoms with Gasteiger partial charge in [-0.05, 0) is 18.1 Å². The van der Waals surface area contributed by atoms with Gasteiger partial charge in [0, 0.05) is 26.5 Å². The first-order valence-electron chi connectivity index (χ1n) is 4.50.